The fraction of sp³-hybridized carbons (Fsp3) is 0. The van der Waals surface area contributed by atoms with Crippen LogP contribution >= 0.6 is 12.2 Å². The normalized spacial score (nSPS) is 10.8. The van der Waals surface area contributed by atoms with Crippen molar-refractivity contribution in [1.29, 1.82) is 0 Å². The summed E-state index contributed by atoms with van der Waals surface area (Å²) in [5.41, 5.74) is 3.14. The molecule has 1 N–H and O–H groups in total. The third-order valence-corrected chi connectivity index (χ3v) is 5.53. The minimum Gasteiger partial charge on any atom is -0.493 e. The molecular weight excluding hydrogens is 416 g/mol. The van der Waals surface area contributed by atoms with Crippen LogP contribution in [0.1, 0.15) is 0 Å². The van der Waals surface area contributed by atoms with Crippen molar-refractivity contribution in [3.8, 4) is 40.0 Å². The SMILES string of the molecule is Oc1c(-c2ccccc2)n(-c2ccc(Oc3ccccc3)cc2)c(=S)n1-c1ccccc1. The van der Waals surface area contributed by atoms with E-state index in [4.69, 9.17) is 17.0 Å². The van der Waals surface area contributed by atoms with Crippen LogP contribution in [0, 0.1) is 4.77 Å². The Labute approximate surface area is 191 Å². The van der Waals surface area contributed by atoms with E-state index >= 15 is 0 Å². The summed E-state index contributed by atoms with van der Waals surface area (Å²) in [4.78, 5) is 0. The van der Waals surface area contributed by atoms with Gasteiger partial charge in [-0.3, -0.25) is 9.13 Å². The van der Waals surface area contributed by atoms with E-state index < -0.39 is 0 Å². The van der Waals surface area contributed by atoms with Gasteiger partial charge in [-0.25, -0.2) is 0 Å². The van der Waals surface area contributed by atoms with Crippen LogP contribution in [0.25, 0.3) is 22.6 Å². The summed E-state index contributed by atoms with van der Waals surface area (Å²) in [6.45, 7) is 0. The molecule has 0 amide bonds. The summed E-state index contributed by atoms with van der Waals surface area (Å²) in [5.74, 6) is 1.59. The Morgan fingerprint density at radius 2 is 1.06 bits per heavy atom. The predicted octanol–water partition coefficient (Wildman–Crippen LogP) is 7.16. The van der Waals surface area contributed by atoms with Gasteiger partial charge in [-0.1, -0.05) is 66.7 Å². The molecule has 0 aliphatic rings. The van der Waals surface area contributed by atoms with Crippen LogP contribution in [0.3, 0.4) is 0 Å². The van der Waals surface area contributed by atoms with Crippen LogP contribution in [0.2, 0.25) is 0 Å². The molecule has 0 spiro atoms. The molecule has 0 saturated carbocycles. The summed E-state index contributed by atoms with van der Waals surface area (Å²) < 4.78 is 9.97. The molecule has 32 heavy (non-hydrogen) atoms. The second-order valence-electron chi connectivity index (χ2n) is 7.24. The zero-order chi connectivity index (χ0) is 21.9. The zero-order valence-electron chi connectivity index (χ0n) is 17.1. The molecule has 0 saturated heterocycles. The van der Waals surface area contributed by atoms with Crippen LogP contribution in [0.15, 0.2) is 115 Å². The van der Waals surface area contributed by atoms with E-state index in [1.165, 1.54) is 0 Å². The van der Waals surface area contributed by atoms with Gasteiger partial charge in [0.25, 0.3) is 0 Å². The number of aromatic nitrogens is 2. The molecule has 5 aromatic rings. The molecule has 0 aliphatic heterocycles. The number of para-hydroxylation sites is 2. The topological polar surface area (TPSA) is 39.3 Å². The molecule has 5 heteroatoms. The molecule has 1 aromatic heterocycles. The highest BCUT2D eigenvalue weighted by atomic mass is 32.1. The highest BCUT2D eigenvalue weighted by molar-refractivity contribution is 7.71. The summed E-state index contributed by atoms with van der Waals surface area (Å²) in [7, 11) is 0. The first-order valence-corrected chi connectivity index (χ1v) is 10.6. The minimum atomic E-state index is 0.0945. The number of imidazole rings is 1. The molecule has 0 radical (unpaired) electrons. The number of benzene rings is 4. The lowest BCUT2D eigenvalue weighted by Crippen LogP contribution is -1.99. The average Bonchev–Trinajstić information content (AvgIpc) is 3.11. The first-order chi connectivity index (χ1) is 15.7. The smallest absolute Gasteiger partial charge is 0.223 e. The van der Waals surface area contributed by atoms with Gasteiger partial charge in [-0.2, -0.15) is 0 Å². The van der Waals surface area contributed by atoms with Crippen molar-refractivity contribution in [3.63, 3.8) is 0 Å². The predicted molar refractivity (Wildman–Crippen MR) is 130 cm³/mol. The second-order valence-corrected chi connectivity index (χ2v) is 7.60. The van der Waals surface area contributed by atoms with Crippen LogP contribution in [-0.2, 0) is 0 Å². The fourth-order valence-electron chi connectivity index (χ4n) is 3.68. The van der Waals surface area contributed by atoms with Crippen LogP contribution in [0.4, 0.5) is 0 Å². The Morgan fingerprint density at radius 3 is 1.69 bits per heavy atom. The fourth-order valence-corrected chi connectivity index (χ4v) is 4.07. The average molecular weight is 437 g/mol. The molecule has 0 unspecified atom stereocenters. The molecule has 0 bridgehead atoms. The third kappa shape index (κ3) is 3.70. The highest BCUT2D eigenvalue weighted by Gasteiger charge is 2.21. The summed E-state index contributed by atoms with van der Waals surface area (Å²) >= 11 is 5.84. The molecule has 0 atom stereocenters. The van der Waals surface area contributed by atoms with Gasteiger partial charge in [0.1, 0.15) is 17.2 Å². The molecule has 4 aromatic carbocycles. The minimum absolute atomic E-state index is 0.0945. The maximum Gasteiger partial charge on any atom is 0.223 e. The number of ether oxygens (including phenoxy) is 1. The van der Waals surface area contributed by atoms with E-state index in [9.17, 15) is 5.11 Å². The quantitative estimate of drug-likeness (QED) is 0.297. The monoisotopic (exact) mass is 436 g/mol. The Balaban J connectivity index is 1.64. The van der Waals surface area contributed by atoms with E-state index in [1.54, 1.807) is 4.57 Å². The van der Waals surface area contributed by atoms with Gasteiger partial charge in [0.05, 0.1) is 5.69 Å². The number of rotatable bonds is 5. The molecule has 5 rings (SSSR count). The lowest BCUT2D eigenvalue weighted by Gasteiger charge is -2.10. The maximum atomic E-state index is 11.3. The number of hydrogen-bond acceptors (Lipinski definition) is 3. The lowest BCUT2D eigenvalue weighted by atomic mass is 10.1. The van der Waals surface area contributed by atoms with E-state index in [0.717, 1.165) is 28.4 Å². The maximum absolute atomic E-state index is 11.3. The molecule has 156 valence electrons. The van der Waals surface area contributed by atoms with Gasteiger partial charge >= 0.3 is 0 Å². The van der Waals surface area contributed by atoms with Gasteiger partial charge in [0.2, 0.25) is 5.88 Å². The Kier molecular flexibility index (Phi) is 5.32. The largest absolute Gasteiger partial charge is 0.493 e. The standard InChI is InChI=1S/C27H20N2O2S/c30-26-25(20-10-4-1-5-11-20)28(27(32)29(26)21-12-6-2-7-13-21)22-16-18-24(19-17-22)31-23-14-8-3-9-15-23/h1-19,30H. The Hall–Kier alpha value is -4.09. The Bertz CT molecular complexity index is 1390. The van der Waals surface area contributed by atoms with Gasteiger partial charge in [-0.05, 0) is 60.7 Å². The molecule has 1 heterocycles. The van der Waals surface area contributed by atoms with E-state index in [2.05, 4.69) is 0 Å². The van der Waals surface area contributed by atoms with Crippen molar-refractivity contribution in [2.45, 2.75) is 0 Å². The molecule has 0 fully saturated rings. The second kappa shape index (κ2) is 8.57. The summed E-state index contributed by atoms with van der Waals surface area (Å²) in [6.07, 6.45) is 0. The first-order valence-electron chi connectivity index (χ1n) is 10.2. The van der Waals surface area contributed by atoms with Gasteiger partial charge in [0, 0.05) is 11.3 Å². The summed E-state index contributed by atoms with van der Waals surface area (Å²) in [5, 5.41) is 11.3. The van der Waals surface area contributed by atoms with Crippen molar-refractivity contribution in [1.82, 2.24) is 9.13 Å². The lowest BCUT2D eigenvalue weighted by molar-refractivity contribution is 0.444. The van der Waals surface area contributed by atoms with E-state index in [-0.39, 0.29) is 5.88 Å². The van der Waals surface area contributed by atoms with Crippen molar-refractivity contribution < 1.29 is 9.84 Å². The van der Waals surface area contributed by atoms with Gasteiger partial charge < -0.3 is 9.84 Å². The van der Waals surface area contributed by atoms with Crippen LogP contribution in [-0.4, -0.2) is 14.2 Å². The number of nitrogens with zero attached hydrogens (tertiary/aromatic N) is 2. The van der Waals surface area contributed by atoms with Crippen molar-refractivity contribution in [2.24, 2.45) is 0 Å². The van der Waals surface area contributed by atoms with E-state index in [0.29, 0.717) is 10.5 Å². The molecular formula is C27H20N2O2S. The molecule has 4 nitrogen and oxygen atoms in total. The van der Waals surface area contributed by atoms with Crippen LogP contribution < -0.4 is 4.74 Å². The van der Waals surface area contributed by atoms with Gasteiger partial charge in [0.15, 0.2) is 4.77 Å². The summed E-state index contributed by atoms with van der Waals surface area (Å²) in [6, 6.07) is 36.7. The number of aromatic hydroxyl groups is 1. The Morgan fingerprint density at radius 1 is 0.562 bits per heavy atom. The van der Waals surface area contributed by atoms with Crippen molar-refractivity contribution in [2.75, 3.05) is 0 Å². The highest BCUT2D eigenvalue weighted by Crippen LogP contribution is 2.36. The zero-order valence-corrected chi connectivity index (χ0v) is 17.9. The van der Waals surface area contributed by atoms with Gasteiger partial charge in [-0.15, -0.1) is 0 Å². The first kappa shape index (κ1) is 19.8. The number of hydrogen-bond donors (Lipinski definition) is 1. The van der Waals surface area contributed by atoms with E-state index in [1.807, 2.05) is 120 Å². The molecule has 0 aliphatic carbocycles. The van der Waals surface area contributed by atoms with Crippen molar-refractivity contribution in [3.05, 3.63) is 120 Å². The third-order valence-electron chi connectivity index (χ3n) is 5.17. The van der Waals surface area contributed by atoms with Crippen LogP contribution in [0.5, 0.6) is 17.4 Å². The van der Waals surface area contributed by atoms with Crippen molar-refractivity contribution >= 4 is 12.2 Å².